The molecule has 1 aliphatic carbocycles. The molecule has 2 unspecified atom stereocenters. The summed E-state index contributed by atoms with van der Waals surface area (Å²) in [5.74, 6) is -0.257. The Balaban J connectivity index is 1.49. The third-order valence-electron chi connectivity index (χ3n) is 6.60. The molecule has 11 heteroatoms. The minimum Gasteiger partial charge on any atom is -0.352 e. The zero-order valence-corrected chi connectivity index (χ0v) is 19.7. The molecule has 1 saturated heterocycles. The third kappa shape index (κ3) is 3.75. The Morgan fingerprint density at radius 2 is 1.94 bits per heavy atom. The Morgan fingerprint density at radius 1 is 1.18 bits per heavy atom. The van der Waals surface area contributed by atoms with Crippen LogP contribution in [0.5, 0.6) is 0 Å². The smallest absolute Gasteiger partial charge is 0.301 e. The van der Waals surface area contributed by atoms with Crippen LogP contribution in [-0.4, -0.2) is 34.9 Å². The van der Waals surface area contributed by atoms with Crippen molar-refractivity contribution in [3.8, 4) is 0 Å². The summed E-state index contributed by atoms with van der Waals surface area (Å²) >= 11 is 6.46. The molecule has 174 valence electrons. The highest BCUT2D eigenvalue weighted by Gasteiger charge is 2.44. The summed E-state index contributed by atoms with van der Waals surface area (Å²) in [5, 5.41) is 3.25. The van der Waals surface area contributed by atoms with E-state index >= 15 is 0 Å². The van der Waals surface area contributed by atoms with Gasteiger partial charge in [-0.25, -0.2) is 9.37 Å². The van der Waals surface area contributed by atoms with Gasteiger partial charge in [0.2, 0.25) is 0 Å². The maximum atomic E-state index is 14.7. The molecule has 1 saturated carbocycles. The number of fused-ring (bicyclic) bond motifs is 3. The molecule has 2 N–H and O–H groups in total. The molecule has 2 fully saturated rings. The predicted molar refractivity (Wildman–Crippen MR) is 127 cm³/mol. The zero-order valence-electron chi connectivity index (χ0n) is 18.1. The normalized spacial score (nSPS) is 20.5. The molecule has 2 aliphatic rings. The number of hydrogen-bond acceptors (Lipinski definition) is 5. The lowest BCUT2D eigenvalue weighted by molar-refractivity contribution is 0.335. The largest absolute Gasteiger partial charge is 0.352 e. The Bertz CT molecular complexity index is 1440. The fraction of sp³-hybridized carbons (Fsp3) is 0.364. The van der Waals surface area contributed by atoms with Gasteiger partial charge in [-0.05, 0) is 61.9 Å². The second kappa shape index (κ2) is 7.96. The van der Waals surface area contributed by atoms with Gasteiger partial charge in [-0.2, -0.15) is 12.7 Å². The Morgan fingerprint density at radius 3 is 2.64 bits per heavy atom. The van der Waals surface area contributed by atoms with Crippen LogP contribution in [0.2, 0.25) is 5.02 Å². The summed E-state index contributed by atoms with van der Waals surface area (Å²) in [6, 6.07) is 5.80. The Labute approximate surface area is 195 Å². The number of anilines is 3. The van der Waals surface area contributed by atoms with Gasteiger partial charge in [0, 0.05) is 25.3 Å². The van der Waals surface area contributed by atoms with E-state index in [1.807, 2.05) is 0 Å². The van der Waals surface area contributed by atoms with E-state index < -0.39 is 16.0 Å². The molecule has 2 bridgehead atoms. The standard InChI is InChI=1S/C22H23ClFN5O3S/c1-12-16(7-8-17-19(12)22(30)28(2)11-25-17)26-21-15(24)5-6-18(20(21)23)27-33(31,32)29-10-13-3-4-14(29)9-13/h5-8,11,13-14,26-27H,3-4,9-10H2,1-2H3. The predicted octanol–water partition coefficient (Wildman–Crippen LogP) is 3.92. The van der Waals surface area contributed by atoms with E-state index in [-0.39, 0.29) is 28.0 Å². The minimum atomic E-state index is -3.82. The number of aryl methyl sites for hydroxylation is 2. The van der Waals surface area contributed by atoms with Crippen molar-refractivity contribution in [3.63, 3.8) is 0 Å². The van der Waals surface area contributed by atoms with E-state index in [0.29, 0.717) is 34.6 Å². The van der Waals surface area contributed by atoms with Crippen molar-refractivity contribution >= 4 is 49.8 Å². The number of benzene rings is 2. The Kier molecular flexibility index (Phi) is 5.34. The summed E-state index contributed by atoms with van der Waals surface area (Å²) < 4.78 is 46.1. The highest BCUT2D eigenvalue weighted by atomic mass is 35.5. The first kappa shape index (κ1) is 22.1. The lowest BCUT2D eigenvalue weighted by Gasteiger charge is -2.27. The summed E-state index contributed by atoms with van der Waals surface area (Å²) in [4.78, 5) is 16.8. The molecule has 1 aromatic heterocycles. The fourth-order valence-corrected chi connectivity index (χ4v) is 6.70. The van der Waals surface area contributed by atoms with Crippen LogP contribution < -0.4 is 15.6 Å². The van der Waals surface area contributed by atoms with Crippen LogP contribution in [0.15, 0.2) is 35.4 Å². The summed E-state index contributed by atoms with van der Waals surface area (Å²) in [7, 11) is -2.22. The first-order valence-corrected chi connectivity index (χ1v) is 12.5. The van der Waals surface area contributed by atoms with Gasteiger partial charge in [-0.1, -0.05) is 11.6 Å². The van der Waals surface area contributed by atoms with Crippen LogP contribution >= 0.6 is 11.6 Å². The first-order valence-electron chi connectivity index (χ1n) is 10.6. The second-order valence-electron chi connectivity index (χ2n) is 8.71. The van der Waals surface area contributed by atoms with Gasteiger partial charge >= 0.3 is 10.2 Å². The lowest BCUT2D eigenvalue weighted by Crippen LogP contribution is -2.41. The molecule has 8 nitrogen and oxygen atoms in total. The van der Waals surface area contributed by atoms with Crippen LogP contribution in [0.4, 0.5) is 21.5 Å². The number of hydrogen-bond donors (Lipinski definition) is 2. The van der Waals surface area contributed by atoms with Crippen molar-refractivity contribution in [2.75, 3.05) is 16.6 Å². The van der Waals surface area contributed by atoms with E-state index in [2.05, 4.69) is 15.0 Å². The van der Waals surface area contributed by atoms with E-state index in [9.17, 15) is 17.6 Å². The number of aromatic nitrogens is 2. The number of nitrogens with one attached hydrogen (secondary N) is 2. The molecule has 2 heterocycles. The van der Waals surface area contributed by atoms with Gasteiger partial charge in [0.05, 0.1) is 33.6 Å². The highest BCUT2D eigenvalue weighted by molar-refractivity contribution is 7.90. The van der Waals surface area contributed by atoms with Gasteiger partial charge in [0.25, 0.3) is 5.56 Å². The third-order valence-corrected chi connectivity index (χ3v) is 8.54. The maximum Gasteiger partial charge on any atom is 0.301 e. The summed E-state index contributed by atoms with van der Waals surface area (Å²) in [5.41, 5.74) is 1.34. The number of nitrogens with zero attached hydrogens (tertiary/aromatic N) is 3. The molecule has 2 aromatic carbocycles. The van der Waals surface area contributed by atoms with Crippen molar-refractivity contribution in [3.05, 3.63) is 57.3 Å². The van der Waals surface area contributed by atoms with E-state index in [1.165, 1.54) is 21.3 Å². The number of halogens is 2. The van der Waals surface area contributed by atoms with Crippen molar-refractivity contribution < 1.29 is 12.8 Å². The quantitative estimate of drug-likeness (QED) is 0.564. The first-order chi connectivity index (χ1) is 15.7. The average Bonchev–Trinajstić information content (AvgIpc) is 3.41. The van der Waals surface area contributed by atoms with Crippen LogP contribution in [0.3, 0.4) is 0 Å². The molecule has 0 radical (unpaired) electrons. The van der Waals surface area contributed by atoms with E-state index in [1.54, 1.807) is 26.1 Å². The average molecular weight is 492 g/mol. The summed E-state index contributed by atoms with van der Waals surface area (Å²) in [6.07, 6.45) is 4.22. The van der Waals surface area contributed by atoms with Gasteiger partial charge < -0.3 is 9.88 Å². The topological polar surface area (TPSA) is 96.3 Å². The van der Waals surface area contributed by atoms with Crippen LogP contribution in [0.1, 0.15) is 24.8 Å². The lowest BCUT2D eigenvalue weighted by atomic mass is 10.1. The summed E-state index contributed by atoms with van der Waals surface area (Å²) in [6.45, 7) is 2.22. The van der Waals surface area contributed by atoms with Crippen LogP contribution in [0.25, 0.3) is 10.9 Å². The van der Waals surface area contributed by atoms with Gasteiger partial charge in [0.15, 0.2) is 0 Å². The highest BCUT2D eigenvalue weighted by Crippen LogP contribution is 2.41. The molecule has 5 rings (SSSR count). The fourth-order valence-electron chi connectivity index (χ4n) is 4.84. The molecule has 1 aliphatic heterocycles. The van der Waals surface area contributed by atoms with Crippen molar-refractivity contribution in [1.29, 1.82) is 0 Å². The maximum absolute atomic E-state index is 14.7. The van der Waals surface area contributed by atoms with Gasteiger partial charge in [-0.15, -0.1) is 0 Å². The molecule has 33 heavy (non-hydrogen) atoms. The molecule has 3 aromatic rings. The monoisotopic (exact) mass is 491 g/mol. The number of piperidine rings is 1. The van der Waals surface area contributed by atoms with Crippen LogP contribution in [0, 0.1) is 18.7 Å². The van der Waals surface area contributed by atoms with Gasteiger partial charge in [0.1, 0.15) is 5.82 Å². The van der Waals surface area contributed by atoms with E-state index in [0.717, 1.165) is 25.3 Å². The number of rotatable bonds is 5. The molecule has 2 atom stereocenters. The van der Waals surface area contributed by atoms with Crippen molar-refractivity contribution in [1.82, 2.24) is 13.9 Å². The van der Waals surface area contributed by atoms with E-state index in [4.69, 9.17) is 11.6 Å². The molecular weight excluding hydrogens is 469 g/mol. The Hall–Kier alpha value is -2.69. The second-order valence-corrected chi connectivity index (χ2v) is 10.7. The van der Waals surface area contributed by atoms with Crippen molar-refractivity contribution in [2.45, 2.75) is 32.2 Å². The zero-order chi connectivity index (χ0) is 23.5. The molecule has 0 amide bonds. The SMILES string of the molecule is Cc1c(Nc2c(F)ccc(NS(=O)(=O)N3CC4CCC3C4)c2Cl)ccc2ncn(C)c(=O)c12. The van der Waals surface area contributed by atoms with Crippen LogP contribution in [-0.2, 0) is 17.3 Å². The molecule has 0 spiro atoms. The van der Waals surface area contributed by atoms with Crippen molar-refractivity contribution in [2.24, 2.45) is 13.0 Å². The minimum absolute atomic E-state index is 0.000733. The van der Waals surface area contributed by atoms with Gasteiger partial charge in [-0.3, -0.25) is 9.52 Å². The molecular formula is C22H23ClFN5O3S.